The van der Waals surface area contributed by atoms with Gasteiger partial charge in [0.15, 0.2) is 0 Å². The minimum absolute atomic E-state index is 0.416. The highest BCUT2D eigenvalue weighted by molar-refractivity contribution is 5.78. The highest BCUT2D eigenvalue weighted by Gasteiger charge is 2.13. The van der Waals surface area contributed by atoms with Crippen molar-refractivity contribution in [3.8, 4) is 12.1 Å². The van der Waals surface area contributed by atoms with Crippen molar-refractivity contribution in [3.05, 3.63) is 12.7 Å². The van der Waals surface area contributed by atoms with Crippen LogP contribution in [0.2, 0.25) is 0 Å². The maximum absolute atomic E-state index is 9.25. The molecule has 2 atom stereocenters. The minimum Gasteiger partial charge on any atom is -0.478 e. The average Bonchev–Trinajstić information content (AvgIpc) is 2.37. The zero-order valence-electron chi connectivity index (χ0n) is 10.9. The van der Waals surface area contributed by atoms with Crippen molar-refractivity contribution in [3.63, 3.8) is 0 Å². The largest absolute Gasteiger partial charge is 0.478 e. The van der Waals surface area contributed by atoms with Gasteiger partial charge < -0.3 is 9.84 Å². The predicted molar refractivity (Wildman–Crippen MR) is 67.5 cm³/mol. The molecule has 100 valence electrons. The molecule has 0 saturated carbocycles. The van der Waals surface area contributed by atoms with E-state index in [4.69, 9.17) is 20.4 Å². The number of rotatable bonds is 7. The van der Waals surface area contributed by atoms with E-state index in [2.05, 4.69) is 18.7 Å². The first kappa shape index (κ1) is 18.5. The van der Waals surface area contributed by atoms with E-state index < -0.39 is 18.2 Å². The molecule has 0 aromatic carbocycles. The van der Waals surface area contributed by atoms with E-state index in [-0.39, 0.29) is 0 Å². The number of carbonyl (C=O) groups is 1. The lowest BCUT2D eigenvalue weighted by Crippen LogP contribution is -2.19. The molecule has 18 heavy (non-hydrogen) atoms. The molecular formula is C13H20N2O3. The van der Waals surface area contributed by atoms with Crippen molar-refractivity contribution in [2.75, 3.05) is 0 Å². The number of carboxylic acids is 1. The summed E-state index contributed by atoms with van der Waals surface area (Å²) in [5, 5.41) is 25.0. The van der Waals surface area contributed by atoms with Gasteiger partial charge in [0.1, 0.15) is 12.2 Å². The molecule has 0 aliphatic heterocycles. The number of hydrogen-bond donors (Lipinski definition) is 1. The van der Waals surface area contributed by atoms with Crippen molar-refractivity contribution in [2.24, 2.45) is 0 Å². The third-order valence-corrected chi connectivity index (χ3v) is 1.89. The predicted octanol–water partition coefficient (Wildman–Crippen LogP) is 2.64. The van der Waals surface area contributed by atoms with Crippen LogP contribution in [0.3, 0.4) is 0 Å². The number of aliphatic carboxylic acids is 1. The van der Waals surface area contributed by atoms with Crippen LogP contribution in [-0.4, -0.2) is 23.3 Å². The van der Waals surface area contributed by atoms with Crippen LogP contribution >= 0.6 is 0 Å². The molecule has 0 heterocycles. The molecule has 0 aliphatic rings. The molecule has 0 bridgehead atoms. The van der Waals surface area contributed by atoms with Crippen LogP contribution in [-0.2, 0) is 9.53 Å². The lowest BCUT2D eigenvalue weighted by Gasteiger charge is -2.13. The third kappa shape index (κ3) is 12.2. The second-order valence-corrected chi connectivity index (χ2v) is 3.49. The lowest BCUT2D eigenvalue weighted by molar-refractivity contribution is -0.131. The van der Waals surface area contributed by atoms with Gasteiger partial charge >= 0.3 is 5.97 Å². The van der Waals surface area contributed by atoms with E-state index in [0.29, 0.717) is 12.8 Å². The van der Waals surface area contributed by atoms with Crippen LogP contribution in [0.1, 0.15) is 39.5 Å². The fourth-order valence-electron chi connectivity index (χ4n) is 1.05. The van der Waals surface area contributed by atoms with Crippen molar-refractivity contribution in [1.82, 2.24) is 0 Å². The zero-order valence-corrected chi connectivity index (χ0v) is 10.9. The summed E-state index contributed by atoms with van der Waals surface area (Å²) in [5.74, 6) is -0.981. The Morgan fingerprint density at radius 1 is 1.28 bits per heavy atom. The molecule has 0 spiro atoms. The van der Waals surface area contributed by atoms with E-state index >= 15 is 0 Å². The second-order valence-electron chi connectivity index (χ2n) is 3.49. The fraction of sp³-hybridized carbons (Fsp3) is 0.615. The molecule has 0 rings (SSSR count). The van der Waals surface area contributed by atoms with Crippen LogP contribution in [0.25, 0.3) is 0 Å². The van der Waals surface area contributed by atoms with Gasteiger partial charge in [-0.2, -0.15) is 10.5 Å². The molecule has 2 unspecified atom stereocenters. The van der Waals surface area contributed by atoms with Crippen LogP contribution < -0.4 is 0 Å². The maximum Gasteiger partial charge on any atom is 0.327 e. The average molecular weight is 252 g/mol. The normalized spacial score (nSPS) is 12.0. The number of carboxylic acid groups (broad SMARTS) is 1. The van der Waals surface area contributed by atoms with Crippen molar-refractivity contribution < 1.29 is 14.6 Å². The van der Waals surface area contributed by atoms with Crippen LogP contribution in [0.4, 0.5) is 0 Å². The van der Waals surface area contributed by atoms with E-state index in [1.54, 1.807) is 0 Å². The van der Waals surface area contributed by atoms with Crippen LogP contribution in [0.5, 0.6) is 0 Å². The van der Waals surface area contributed by atoms with Crippen molar-refractivity contribution >= 4 is 5.97 Å². The quantitative estimate of drug-likeness (QED) is 0.703. The summed E-state index contributed by atoms with van der Waals surface area (Å²) < 4.78 is 5.31. The molecule has 1 N–H and O–H groups in total. The zero-order chi connectivity index (χ0) is 14.4. The molecular weight excluding hydrogens is 232 g/mol. The second kappa shape index (κ2) is 13.2. The Hall–Kier alpha value is -1.85. The first-order valence-corrected chi connectivity index (χ1v) is 5.85. The monoisotopic (exact) mass is 252 g/mol. The first-order valence-electron chi connectivity index (χ1n) is 5.85. The highest BCUT2D eigenvalue weighted by atomic mass is 16.5. The standard InChI is InChI=1S/C10H16N2O.C3H4O2/c1-3-5-9(7-11)13-10(8-12)6-4-2;1-2-3(4)5/h9-10H,3-6H2,1-2H3;2H,1H2,(H,4,5). The van der Waals surface area contributed by atoms with E-state index in [1.807, 2.05) is 13.8 Å². The molecule has 0 saturated heterocycles. The Morgan fingerprint density at radius 3 is 1.78 bits per heavy atom. The minimum atomic E-state index is -0.981. The molecule has 0 aromatic rings. The Kier molecular flexibility index (Phi) is 13.6. The van der Waals surface area contributed by atoms with Crippen molar-refractivity contribution in [1.29, 1.82) is 10.5 Å². The summed E-state index contributed by atoms with van der Waals surface area (Å²) in [7, 11) is 0. The van der Waals surface area contributed by atoms with Crippen molar-refractivity contribution in [2.45, 2.75) is 51.7 Å². The highest BCUT2D eigenvalue weighted by Crippen LogP contribution is 2.08. The maximum atomic E-state index is 9.25. The summed E-state index contributed by atoms with van der Waals surface area (Å²) in [6.45, 7) is 6.95. The van der Waals surface area contributed by atoms with Crippen LogP contribution in [0, 0.1) is 22.7 Å². The summed E-state index contributed by atoms with van der Waals surface area (Å²) in [6, 6.07) is 4.11. The molecule has 0 fully saturated rings. The summed E-state index contributed by atoms with van der Waals surface area (Å²) in [5.41, 5.74) is 0. The van der Waals surface area contributed by atoms with Gasteiger partial charge in [-0.15, -0.1) is 0 Å². The number of nitriles is 2. The van der Waals surface area contributed by atoms with Gasteiger partial charge in [0, 0.05) is 6.08 Å². The van der Waals surface area contributed by atoms with Crippen LogP contribution in [0.15, 0.2) is 12.7 Å². The lowest BCUT2D eigenvalue weighted by atomic mass is 10.2. The van der Waals surface area contributed by atoms with Gasteiger partial charge in [-0.3, -0.25) is 0 Å². The van der Waals surface area contributed by atoms with Gasteiger partial charge in [-0.05, 0) is 12.8 Å². The van der Waals surface area contributed by atoms with Gasteiger partial charge in [0.2, 0.25) is 0 Å². The Bertz CT molecular complexity index is 293. The Balaban J connectivity index is 0. The Morgan fingerprint density at radius 2 is 1.61 bits per heavy atom. The molecule has 0 radical (unpaired) electrons. The number of ether oxygens (including phenoxy) is 1. The van der Waals surface area contributed by atoms with E-state index in [9.17, 15) is 4.79 Å². The molecule has 0 aromatic heterocycles. The smallest absolute Gasteiger partial charge is 0.327 e. The molecule has 0 aliphatic carbocycles. The van der Waals surface area contributed by atoms with Gasteiger partial charge in [-0.1, -0.05) is 33.3 Å². The summed E-state index contributed by atoms with van der Waals surface area (Å²) >= 11 is 0. The topological polar surface area (TPSA) is 94.1 Å². The summed E-state index contributed by atoms with van der Waals surface area (Å²) in [4.78, 5) is 9.25. The summed E-state index contributed by atoms with van der Waals surface area (Å²) in [6.07, 6.45) is 3.23. The molecule has 5 nitrogen and oxygen atoms in total. The third-order valence-electron chi connectivity index (χ3n) is 1.89. The van der Waals surface area contributed by atoms with Gasteiger partial charge in [0.05, 0.1) is 12.1 Å². The SMILES string of the molecule is C=CC(=O)O.CCCC(C#N)OC(C#N)CCC. The van der Waals surface area contributed by atoms with E-state index in [0.717, 1.165) is 18.9 Å². The molecule has 0 amide bonds. The van der Waals surface area contributed by atoms with E-state index in [1.165, 1.54) is 0 Å². The fourth-order valence-corrected chi connectivity index (χ4v) is 1.05. The van der Waals surface area contributed by atoms with Gasteiger partial charge in [0.25, 0.3) is 0 Å². The molecule has 5 heteroatoms. The first-order chi connectivity index (χ1) is 8.55. The number of nitrogens with zero attached hydrogens (tertiary/aromatic N) is 2. The Labute approximate surface area is 108 Å². The van der Waals surface area contributed by atoms with Gasteiger partial charge in [-0.25, -0.2) is 4.79 Å². The number of hydrogen-bond acceptors (Lipinski definition) is 4.